The average molecular weight is 388 g/mol. The minimum atomic E-state index is -0.520. The first kappa shape index (κ1) is 20.2. The smallest absolute Gasteiger partial charge is 0.310 e. The van der Waals surface area contributed by atoms with Gasteiger partial charge in [-0.25, -0.2) is 0 Å². The van der Waals surface area contributed by atoms with Gasteiger partial charge in [-0.05, 0) is 38.3 Å². The number of hydrogen-bond acceptors (Lipinski definition) is 5. The normalized spacial score (nSPS) is 21.7. The molecule has 0 radical (unpaired) electrons. The number of hydrogen-bond donors (Lipinski definition) is 0. The van der Waals surface area contributed by atoms with Crippen LogP contribution in [0.1, 0.15) is 39.5 Å². The number of esters is 1. The van der Waals surface area contributed by atoms with Crippen LogP contribution in [0.5, 0.6) is 5.75 Å². The molecule has 7 heteroatoms. The molecule has 2 unspecified atom stereocenters. The maximum atomic E-state index is 12.7. The molecule has 28 heavy (non-hydrogen) atoms. The predicted molar refractivity (Wildman–Crippen MR) is 104 cm³/mol. The molecule has 7 nitrogen and oxygen atoms in total. The van der Waals surface area contributed by atoms with Gasteiger partial charge in [0.1, 0.15) is 5.75 Å². The fourth-order valence-electron chi connectivity index (χ4n) is 3.79. The second-order valence-corrected chi connectivity index (χ2v) is 7.15. The van der Waals surface area contributed by atoms with Crippen LogP contribution in [-0.4, -0.2) is 55.0 Å². The fraction of sp³-hybridized carbons (Fsp3) is 0.571. The van der Waals surface area contributed by atoms with E-state index in [1.807, 2.05) is 31.2 Å². The van der Waals surface area contributed by atoms with Crippen molar-refractivity contribution >= 4 is 23.5 Å². The van der Waals surface area contributed by atoms with Gasteiger partial charge >= 0.3 is 5.97 Å². The third-order valence-electron chi connectivity index (χ3n) is 5.28. The molecule has 1 fully saturated rings. The Morgan fingerprint density at radius 3 is 2.79 bits per heavy atom. The maximum Gasteiger partial charge on any atom is 0.310 e. The zero-order chi connectivity index (χ0) is 20.1. The molecule has 1 aromatic rings. The third kappa shape index (κ3) is 4.29. The summed E-state index contributed by atoms with van der Waals surface area (Å²) in [7, 11) is 0. The van der Waals surface area contributed by atoms with Crippen molar-refractivity contribution in [3.8, 4) is 5.75 Å². The zero-order valence-electron chi connectivity index (χ0n) is 16.6. The molecular formula is C21H28N2O5. The van der Waals surface area contributed by atoms with Crippen molar-refractivity contribution in [3.05, 3.63) is 24.3 Å². The largest absolute Gasteiger partial charge is 0.478 e. The lowest BCUT2D eigenvalue weighted by Crippen LogP contribution is -2.48. The number of ether oxygens (including phenoxy) is 2. The fourth-order valence-corrected chi connectivity index (χ4v) is 3.79. The van der Waals surface area contributed by atoms with Gasteiger partial charge in [-0.1, -0.05) is 19.1 Å². The number of para-hydroxylation sites is 2. The SMILES string of the molecule is CCOC(=O)C1CCCN(C(=O)CCN2C(=O)C(CC)Oc3ccccc32)C1. The molecule has 2 atom stereocenters. The minimum Gasteiger partial charge on any atom is -0.478 e. The van der Waals surface area contributed by atoms with Crippen LogP contribution in [-0.2, 0) is 19.1 Å². The van der Waals surface area contributed by atoms with Gasteiger partial charge in [0.15, 0.2) is 6.10 Å². The summed E-state index contributed by atoms with van der Waals surface area (Å²) in [6.07, 6.45) is 1.80. The molecule has 0 aliphatic carbocycles. The number of anilines is 1. The highest BCUT2D eigenvalue weighted by Gasteiger charge is 2.34. The highest BCUT2D eigenvalue weighted by molar-refractivity contribution is 6.00. The van der Waals surface area contributed by atoms with E-state index in [1.165, 1.54) is 0 Å². The topological polar surface area (TPSA) is 76.2 Å². The first-order chi connectivity index (χ1) is 13.5. The van der Waals surface area contributed by atoms with E-state index in [-0.39, 0.29) is 30.1 Å². The summed E-state index contributed by atoms with van der Waals surface area (Å²) in [6.45, 7) is 5.37. The van der Waals surface area contributed by atoms with Crippen molar-refractivity contribution in [1.29, 1.82) is 0 Å². The number of benzene rings is 1. The van der Waals surface area contributed by atoms with Crippen LogP contribution in [0.2, 0.25) is 0 Å². The summed E-state index contributed by atoms with van der Waals surface area (Å²) < 4.78 is 10.9. The van der Waals surface area contributed by atoms with E-state index in [2.05, 4.69) is 0 Å². The molecule has 0 aromatic heterocycles. The van der Waals surface area contributed by atoms with E-state index < -0.39 is 6.10 Å². The summed E-state index contributed by atoms with van der Waals surface area (Å²) in [5, 5.41) is 0. The van der Waals surface area contributed by atoms with E-state index in [0.29, 0.717) is 44.1 Å². The van der Waals surface area contributed by atoms with E-state index in [0.717, 1.165) is 12.8 Å². The molecule has 152 valence electrons. The lowest BCUT2D eigenvalue weighted by molar-refractivity contribution is -0.151. The zero-order valence-corrected chi connectivity index (χ0v) is 16.6. The Bertz CT molecular complexity index is 735. The van der Waals surface area contributed by atoms with Crippen molar-refractivity contribution in [2.24, 2.45) is 5.92 Å². The van der Waals surface area contributed by atoms with Crippen LogP contribution in [0.15, 0.2) is 24.3 Å². The summed E-state index contributed by atoms with van der Waals surface area (Å²) in [5.74, 6) is 0.0218. The second kappa shape index (κ2) is 9.08. The first-order valence-corrected chi connectivity index (χ1v) is 10.1. The lowest BCUT2D eigenvalue weighted by Gasteiger charge is -2.35. The van der Waals surface area contributed by atoms with Crippen molar-refractivity contribution in [3.63, 3.8) is 0 Å². The Kier molecular flexibility index (Phi) is 6.54. The number of piperidine rings is 1. The van der Waals surface area contributed by atoms with Gasteiger partial charge in [-0.15, -0.1) is 0 Å². The van der Waals surface area contributed by atoms with Gasteiger partial charge in [0.05, 0.1) is 18.2 Å². The van der Waals surface area contributed by atoms with Crippen molar-refractivity contribution < 1.29 is 23.9 Å². The van der Waals surface area contributed by atoms with Gasteiger partial charge in [0, 0.05) is 26.1 Å². The average Bonchev–Trinajstić information content (AvgIpc) is 2.72. The number of likely N-dealkylation sites (tertiary alicyclic amines) is 1. The Morgan fingerprint density at radius 2 is 2.04 bits per heavy atom. The number of nitrogens with zero attached hydrogens (tertiary/aromatic N) is 2. The van der Waals surface area contributed by atoms with Gasteiger partial charge in [0.2, 0.25) is 5.91 Å². The predicted octanol–water partition coefficient (Wildman–Crippen LogP) is 2.38. The van der Waals surface area contributed by atoms with Crippen LogP contribution in [0.4, 0.5) is 5.69 Å². The summed E-state index contributed by atoms with van der Waals surface area (Å²) in [6, 6.07) is 7.40. The highest BCUT2D eigenvalue weighted by atomic mass is 16.5. The second-order valence-electron chi connectivity index (χ2n) is 7.15. The number of carbonyl (C=O) groups is 3. The van der Waals surface area contributed by atoms with Crippen LogP contribution in [0, 0.1) is 5.92 Å². The summed E-state index contributed by atoms with van der Waals surface area (Å²) >= 11 is 0. The monoisotopic (exact) mass is 388 g/mol. The molecule has 1 saturated heterocycles. The van der Waals surface area contributed by atoms with Crippen LogP contribution >= 0.6 is 0 Å². The van der Waals surface area contributed by atoms with Crippen molar-refractivity contribution in [1.82, 2.24) is 4.90 Å². The molecule has 0 bridgehead atoms. The number of rotatable bonds is 6. The molecule has 0 N–H and O–H groups in total. The quantitative estimate of drug-likeness (QED) is 0.700. The molecule has 2 aliphatic rings. The van der Waals surface area contributed by atoms with E-state index >= 15 is 0 Å². The number of fused-ring (bicyclic) bond motifs is 1. The van der Waals surface area contributed by atoms with Crippen molar-refractivity contribution in [2.75, 3.05) is 31.1 Å². The van der Waals surface area contributed by atoms with Gasteiger partial charge in [-0.3, -0.25) is 14.4 Å². The standard InChI is InChI=1S/C21H28N2O5/c1-3-17-20(25)23(16-9-5-6-10-18(16)28-17)13-11-19(24)22-12-7-8-15(14-22)21(26)27-4-2/h5-6,9-10,15,17H,3-4,7-8,11-14H2,1-2H3. The lowest BCUT2D eigenvalue weighted by atomic mass is 9.98. The van der Waals surface area contributed by atoms with Crippen molar-refractivity contribution in [2.45, 2.75) is 45.6 Å². The molecule has 0 spiro atoms. The molecule has 3 rings (SSSR count). The maximum absolute atomic E-state index is 12.7. The third-order valence-corrected chi connectivity index (χ3v) is 5.28. The molecule has 2 aliphatic heterocycles. The van der Waals surface area contributed by atoms with Crippen LogP contribution in [0.3, 0.4) is 0 Å². The van der Waals surface area contributed by atoms with Crippen LogP contribution in [0.25, 0.3) is 0 Å². The Hall–Kier alpha value is -2.57. The Labute approximate surface area is 165 Å². The molecule has 0 saturated carbocycles. The molecule has 2 amide bonds. The molecule has 1 aromatic carbocycles. The highest BCUT2D eigenvalue weighted by Crippen LogP contribution is 2.34. The molecule has 2 heterocycles. The molecular weight excluding hydrogens is 360 g/mol. The Balaban J connectivity index is 1.63. The van der Waals surface area contributed by atoms with E-state index in [1.54, 1.807) is 16.7 Å². The summed E-state index contributed by atoms with van der Waals surface area (Å²) in [5.41, 5.74) is 0.702. The minimum absolute atomic E-state index is 0.0428. The van der Waals surface area contributed by atoms with Crippen LogP contribution < -0.4 is 9.64 Å². The van der Waals surface area contributed by atoms with E-state index in [9.17, 15) is 14.4 Å². The number of carbonyl (C=O) groups excluding carboxylic acids is 3. The van der Waals surface area contributed by atoms with Gasteiger partial charge in [0.25, 0.3) is 5.91 Å². The van der Waals surface area contributed by atoms with Gasteiger partial charge < -0.3 is 19.3 Å². The Morgan fingerprint density at radius 1 is 1.25 bits per heavy atom. The van der Waals surface area contributed by atoms with E-state index in [4.69, 9.17) is 9.47 Å². The summed E-state index contributed by atoms with van der Waals surface area (Å²) in [4.78, 5) is 40.8. The first-order valence-electron chi connectivity index (χ1n) is 10.1. The number of amides is 2. The van der Waals surface area contributed by atoms with Gasteiger partial charge in [-0.2, -0.15) is 0 Å².